The number of sulfonamides is 1. The predicted octanol–water partition coefficient (Wildman–Crippen LogP) is 1.86. The van der Waals surface area contributed by atoms with Crippen molar-refractivity contribution in [3.63, 3.8) is 0 Å². The number of benzene rings is 1. The van der Waals surface area contributed by atoms with Gasteiger partial charge in [-0.2, -0.15) is 4.31 Å². The summed E-state index contributed by atoms with van der Waals surface area (Å²) in [5, 5.41) is 6.32. The molecule has 2 saturated heterocycles. The lowest BCUT2D eigenvalue weighted by Crippen LogP contribution is -2.45. The van der Waals surface area contributed by atoms with Crippen LogP contribution in [0.2, 0.25) is 0 Å². The van der Waals surface area contributed by atoms with Gasteiger partial charge < -0.3 is 10.6 Å². The first kappa shape index (κ1) is 20.3. The molecule has 2 aliphatic heterocycles. The quantitative estimate of drug-likeness (QED) is 0.819. The summed E-state index contributed by atoms with van der Waals surface area (Å²) in [4.78, 5) is 12.7. The fraction of sp³-hybridized carbons (Fsp3) is 0.650. The van der Waals surface area contributed by atoms with E-state index in [0.29, 0.717) is 30.8 Å². The first-order chi connectivity index (χ1) is 12.7. The Balaban J connectivity index is 1.60. The zero-order chi connectivity index (χ0) is 19.7. The van der Waals surface area contributed by atoms with E-state index in [1.807, 2.05) is 12.1 Å². The van der Waals surface area contributed by atoms with Crippen molar-refractivity contribution in [3.05, 3.63) is 29.8 Å². The summed E-state index contributed by atoms with van der Waals surface area (Å²) in [5.74, 6) is -0.0319. The highest BCUT2D eigenvalue weighted by Crippen LogP contribution is 2.27. The molecule has 2 heterocycles. The van der Waals surface area contributed by atoms with Crippen LogP contribution < -0.4 is 10.6 Å². The van der Waals surface area contributed by atoms with Crippen molar-refractivity contribution in [1.29, 1.82) is 0 Å². The second-order valence-electron chi connectivity index (χ2n) is 8.65. The van der Waals surface area contributed by atoms with Crippen LogP contribution in [0.15, 0.2) is 29.2 Å². The molecule has 0 saturated carbocycles. The average molecular weight is 394 g/mol. The molecule has 1 aromatic carbocycles. The normalized spacial score (nSPS) is 22.7. The molecule has 2 N–H and O–H groups in total. The monoisotopic (exact) mass is 393 g/mol. The molecule has 2 aliphatic rings. The van der Waals surface area contributed by atoms with Gasteiger partial charge in [0.05, 0.1) is 4.90 Å². The third-order valence-electron chi connectivity index (χ3n) is 5.59. The van der Waals surface area contributed by atoms with Crippen LogP contribution in [-0.2, 0) is 20.2 Å². The molecule has 1 unspecified atom stereocenters. The second kappa shape index (κ2) is 7.89. The van der Waals surface area contributed by atoms with Gasteiger partial charge in [0.1, 0.15) is 0 Å². The number of nitrogens with zero attached hydrogens (tertiary/aromatic N) is 1. The van der Waals surface area contributed by atoms with E-state index in [0.717, 1.165) is 25.1 Å². The summed E-state index contributed by atoms with van der Waals surface area (Å²) in [6.07, 6.45) is 2.11. The molecule has 1 amide bonds. The van der Waals surface area contributed by atoms with Gasteiger partial charge >= 0.3 is 0 Å². The SMILES string of the molecule is CC(C)(C)c1ccc(S(=O)(=O)N2CCC(C(=O)NC3CCNC3)CC2)cc1. The lowest BCUT2D eigenvalue weighted by Gasteiger charge is -2.31. The predicted molar refractivity (Wildman–Crippen MR) is 106 cm³/mol. The summed E-state index contributed by atoms with van der Waals surface area (Å²) in [5.41, 5.74) is 1.10. The average Bonchev–Trinajstić information content (AvgIpc) is 3.14. The summed E-state index contributed by atoms with van der Waals surface area (Å²) < 4.78 is 27.4. The Morgan fingerprint density at radius 2 is 1.74 bits per heavy atom. The summed E-state index contributed by atoms with van der Waals surface area (Å²) in [7, 11) is -3.50. The maximum atomic E-state index is 12.9. The summed E-state index contributed by atoms with van der Waals surface area (Å²) in [6.45, 7) is 8.86. The lowest BCUT2D eigenvalue weighted by molar-refractivity contribution is -0.126. The van der Waals surface area contributed by atoms with Gasteiger partial charge in [0, 0.05) is 31.6 Å². The van der Waals surface area contributed by atoms with E-state index in [1.54, 1.807) is 12.1 Å². The Hall–Kier alpha value is -1.44. The van der Waals surface area contributed by atoms with Crippen LogP contribution >= 0.6 is 0 Å². The van der Waals surface area contributed by atoms with Crippen LogP contribution in [0.5, 0.6) is 0 Å². The van der Waals surface area contributed by atoms with Gasteiger partial charge in [-0.3, -0.25) is 4.79 Å². The van der Waals surface area contributed by atoms with Crippen molar-refractivity contribution in [1.82, 2.24) is 14.9 Å². The Morgan fingerprint density at radius 3 is 2.26 bits per heavy atom. The number of piperidine rings is 1. The number of rotatable bonds is 4. The molecule has 2 fully saturated rings. The van der Waals surface area contributed by atoms with Gasteiger partial charge in [-0.1, -0.05) is 32.9 Å². The molecular weight excluding hydrogens is 362 g/mol. The topological polar surface area (TPSA) is 78.5 Å². The molecule has 6 nitrogen and oxygen atoms in total. The zero-order valence-corrected chi connectivity index (χ0v) is 17.3. The van der Waals surface area contributed by atoms with Crippen molar-refractivity contribution in [2.24, 2.45) is 5.92 Å². The molecule has 0 bridgehead atoms. The first-order valence-electron chi connectivity index (χ1n) is 9.80. The number of carbonyl (C=O) groups excluding carboxylic acids is 1. The number of nitrogens with one attached hydrogen (secondary N) is 2. The van der Waals surface area contributed by atoms with E-state index in [2.05, 4.69) is 31.4 Å². The summed E-state index contributed by atoms with van der Waals surface area (Å²) >= 11 is 0. The maximum absolute atomic E-state index is 12.9. The Bertz CT molecular complexity index is 755. The highest BCUT2D eigenvalue weighted by molar-refractivity contribution is 7.89. The van der Waals surface area contributed by atoms with Crippen molar-refractivity contribution < 1.29 is 13.2 Å². The van der Waals surface area contributed by atoms with Gasteiger partial charge in [0.15, 0.2) is 0 Å². The van der Waals surface area contributed by atoms with Crippen LogP contribution in [0.1, 0.15) is 45.6 Å². The number of amides is 1. The molecule has 0 radical (unpaired) electrons. The van der Waals surface area contributed by atoms with Crippen molar-refractivity contribution in [2.45, 2.75) is 56.4 Å². The minimum atomic E-state index is -3.50. The Labute approximate surface area is 162 Å². The molecule has 3 rings (SSSR count). The zero-order valence-electron chi connectivity index (χ0n) is 16.5. The molecule has 1 aromatic rings. The summed E-state index contributed by atoms with van der Waals surface area (Å²) in [6, 6.07) is 7.38. The molecule has 27 heavy (non-hydrogen) atoms. The highest BCUT2D eigenvalue weighted by Gasteiger charge is 2.33. The van der Waals surface area contributed by atoms with Crippen molar-refractivity contribution in [3.8, 4) is 0 Å². The number of carbonyl (C=O) groups is 1. The van der Waals surface area contributed by atoms with Gasteiger partial charge in [-0.05, 0) is 48.9 Å². The van der Waals surface area contributed by atoms with E-state index in [4.69, 9.17) is 0 Å². The van der Waals surface area contributed by atoms with Crippen molar-refractivity contribution in [2.75, 3.05) is 26.2 Å². The lowest BCUT2D eigenvalue weighted by atomic mass is 9.87. The molecule has 0 spiro atoms. The minimum Gasteiger partial charge on any atom is -0.352 e. The van der Waals surface area contributed by atoms with Crippen molar-refractivity contribution >= 4 is 15.9 Å². The van der Waals surface area contributed by atoms with Crippen LogP contribution in [-0.4, -0.2) is 50.9 Å². The van der Waals surface area contributed by atoms with Gasteiger partial charge in [-0.15, -0.1) is 0 Å². The molecule has 1 atom stereocenters. The van der Waals surface area contributed by atoms with Gasteiger partial charge in [0.2, 0.25) is 15.9 Å². The van der Waals surface area contributed by atoms with Crippen LogP contribution in [0, 0.1) is 5.92 Å². The minimum absolute atomic E-state index is 0.0111. The fourth-order valence-corrected chi connectivity index (χ4v) is 5.20. The number of hydrogen-bond donors (Lipinski definition) is 2. The van der Waals surface area contributed by atoms with E-state index in [-0.39, 0.29) is 23.3 Å². The Kier molecular flexibility index (Phi) is 5.93. The van der Waals surface area contributed by atoms with E-state index < -0.39 is 10.0 Å². The van der Waals surface area contributed by atoms with Gasteiger partial charge in [0.25, 0.3) is 0 Å². The Morgan fingerprint density at radius 1 is 1.11 bits per heavy atom. The maximum Gasteiger partial charge on any atom is 0.243 e. The fourth-order valence-electron chi connectivity index (χ4n) is 3.73. The van der Waals surface area contributed by atoms with Gasteiger partial charge in [-0.25, -0.2) is 8.42 Å². The van der Waals surface area contributed by atoms with Crippen LogP contribution in [0.3, 0.4) is 0 Å². The highest BCUT2D eigenvalue weighted by atomic mass is 32.2. The van der Waals surface area contributed by atoms with E-state index in [9.17, 15) is 13.2 Å². The first-order valence-corrected chi connectivity index (χ1v) is 11.2. The third-order valence-corrected chi connectivity index (χ3v) is 7.50. The molecular formula is C20H31N3O3S. The van der Waals surface area contributed by atoms with Crippen LogP contribution in [0.25, 0.3) is 0 Å². The molecule has 150 valence electrons. The second-order valence-corrected chi connectivity index (χ2v) is 10.6. The standard InChI is InChI=1S/C20H31N3O3S/c1-20(2,3)16-4-6-18(7-5-16)27(25,26)23-12-9-15(10-13-23)19(24)22-17-8-11-21-14-17/h4-7,15,17,21H,8-14H2,1-3H3,(H,22,24). The smallest absolute Gasteiger partial charge is 0.243 e. The largest absolute Gasteiger partial charge is 0.352 e. The van der Waals surface area contributed by atoms with E-state index in [1.165, 1.54) is 4.31 Å². The molecule has 0 aliphatic carbocycles. The molecule has 7 heteroatoms. The van der Waals surface area contributed by atoms with E-state index >= 15 is 0 Å². The number of hydrogen-bond acceptors (Lipinski definition) is 4. The van der Waals surface area contributed by atoms with Crippen LogP contribution in [0.4, 0.5) is 0 Å². The third kappa shape index (κ3) is 4.70. The molecule has 0 aromatic heterocycles.